The number of benzene rings is 1. The van der Waals surface area contributed by atoms with Crippen molar-refractivity contribution in [3.8, 4) is 0 Å². The van der Waals surface area contributed by atoms with Crippen molar-refractivity contribution in [2.75, 3.05) is 41.8 Å². The molecule has 0 saturated carbocycles. The first-order valence-electron chi connectivity index (χ1n) is 6.57. The third-order valence-corrected chi connectivity index (χ3v) is 6.53. The standard InChI is InChI=1S/C14H26N3O2P/c1-14(18,13-10-8-7-9-11-13)12-17(6)20(19,15(2)3)16(4)5/h7-11,18H,12H2,1-6H3. The fourth-order valence-corrected chi connectivity index (χ4v) is 4.79. The van der Waals surface area contributed by atoms with Crippen LogP contribution in [0, 0.1) is 0 Å². The highest BCUT2D eigenvalue weighted by Crippen LogP contribution is 2.52. The third-order valence-electron chi connectivity index (χ3n) is 3.42. The summed E-state index contributed by atoms with van der Waals surface area (Å²) in [5.41, 5.74) is -0.242. The molecule has 0 saturated heterocycles. The third kappa shape index (κ3) is 3.48. The predicted octanol–water partition coefficient (Wildman–Crippen LogP) is 2.06. The Balaban J connectivity index is 3.00. The van der Waals surface area contributed by atoms with Gasteiger partial charge in [-0.05, 0) is 47.7 Å². The summed E-state index contributed by atoms with van der Waals surface area (Å²) in [7, 11) is 6.09. The number of nitrogens with zero attached hydrogens (tertiary/aromatic N) is 3. The number of hydrogen-bond acceptors (Lipinski definition) is 2. The van der Waals surface area contributed by atoms with E-state index in [0.717, 1.165) is 5.56 Å². The average Bonchev–Trinajstić information content (AvgIpc) is 2.37. The Morgan fingerprint density at radius 3 is 1.90 bits per heavy atom. The molecular weight excluding hydrogens is 273 g/mol. The summed E-state index contributed by atoms with van der Waals surface area (Å²) in [5, 5.41) is 10.7. The molecule has 0 aromatic heterocycles. The molecule has 0 aliphatic rings. The van der Waals surface area contributed by atoms with Gasteiger partial charge in [-0.25, -0.2) is 14.0 Å². The minimum atomic E-state index is -2.83. The maximum absolute atomic E-state index is 13.1. The van der Waals surface area contributed by atoms with Crippen molar-refractivity contribution >= 4 is 7.59 Å². The molecule has 20 heavy (non-hydrogen) atoms. The smallest absolute Gasteiger partial charge is 0.285 e. The number of likely N-dealkylation sites (N-methyl/N-ethyl adjacent to an activating group) is 1. The summed E-state index contributed by atoms with van der Waals surface area (Å²) >= 11 is 0. The van der Waals surface area contributed by atoms with Gasteiger partial charge < -0.3 is 5.11 Å². The molecule has 0 amide bonds. The van der Waals surface area contributed by atoms with E-state index in [1.807, 2.05) is 30.3 Å². The van der Waals surface area contributed by atoms with E-state index in [1.54, 1.807) is 56.2 Å². The highest BCUT2D eigenvalue weighted by Gasteiger charge is 2.37. The van der Waals surface area contributed by atoms with Crippen molar-refractivity contribution in [3.05, 3.63) is 35.9 Å². The Labute approximate surface area is 122 Å². The second-order valence-corrected chi connectivity index (χ2v) is 8.97. The maximum atomic E-state index is 13.1. The SMILES string of the molecule is CN(C)P(=O)(N(C)C)N(C)CC(C)(O)c1ccccc1. The van der Waals surface area contributed by atoms with E-state index in [9.17, 15) is 9.67 Å². The van der Waals surface area contributed by atoms with Gasteiger partial charge in [0.1, 0.15) is 0 Å². The van der Waals surface area contributed by atoms with Gasteiger partial charge in [-0.3, -0.25) is 4.57 Å². The predicted molar refractivity (Wildman–Crippen MR) is 83.6 cm³/mol. The first-order chi connectivity index (χ1) is 9.12. The molecule has 1 atom stereocenters. The monoisotopic (exact) mass is 299 g/mol. The molecule has 0 fully saturated rings. The van der Waals surface area contributed by atoms with E-state index in [2.05, 4.69) is 0 Å². The average molecular weight is 299 g/mol. The van der Waals surface area contributed by atoms with Crippen LogP contribution in [-0.4, -0.2) is 60.9 Å². The van der Waals surface area contributed by atoms with Crippen LogP contribution in [0.15, 0.2) is 30.3 Å². The molecule has 114 valence electrons. The minimum absolute atomic E-state index is 0.282. The van der Waals surface area contributed by atoms with Crippen LogP contribution in [0.3, 0.4) is 0 Å². The molecule has 0 radical (unpaired) electrons. The second-order valence-electron chi connectivity index (χ2n) is 5.66. The summed E-state index contributed by atoms with van der Waals surface area (Å²) in [6, 6.07) is 9.45. The zero-order valence-corrected chi connectivity index (χ0v) is 14.1. The van der Waals surface area contributed by atoms with Crippen LogP contribution in [0.25, 0.3) is 0 Å². The van der Waals surface area contributed by atoms with E-state index in [1.165, 1.54) is 0 Å². The van der Waals surface area contributed by atoms with E-state index in [0.29, 0.717) is 0 Å². The van der Waals surface area contributed by atoms with Gasteiger partial charge in [-0.2, -0.15) is 0 Å². The van der Waals surface area contributed by atoms with Crippen molar-refractivity contribution in [2.45, 2.75) is 12.5 Å². The van der Waals surface area contributed by atoms with E-state index >= 15 is 0 Å². The van der Waals surface area contributed by atoms with Crippen LogP contribution in [0.1, 0.15) is 12.5 Å². The summed E-state index contributed by atoms with van der Waals surface area (Å²) in [4.78, 5) is 0. The van der Waals surface area contributed by atoms with Crippen molar-refractivity contribution in [2.24, 2.45) is 0 Å². The van der Waals surface area contributed by atoms with E-state index in [4.69, 9.17) is 0 Å². The Morgan fingerprint density at radius 2 is 1.50 bits per heavy atom. The van der Waals surface area contributed by atoms with Gasteiger partial charge in [0.05, 0.1) is 5.60 Å². The summed E-state index contributed by atoms with van der Waals surface area (Å²) in [5.74, 6) is 0. The molecular formula is C14H26N3O2P. The lowest BCUT2D eigenvalue weighted by Gasteiger charge is -2.40. The molecule has 0 aliphatic heterocycles. The highest BCUT2D eigenvalue weighted by molar-refractivity contribution is 7.56. The summed E-state index contributed by atoms with van der Waals surface area (Å²) in [6.45, 7) is 2.03. The largest absolute Gasteiger partial charge is 0.384 e. The molecule has 1 rings (SSSR count). The van der Waals surface area contributed by atoms with Gasteiger partial charge in [0.15, 0.2) is 0 Å². The molecule has 0 bridgehead atoms. The molecule has 6 heteroatoms. The molecule has 0 spiro atoms. The van der Waals surface area contributed by atoms with Crippen LogP contribution in [0.2, 0.25) is 0 Å². The first-order valence-corrected chi connectivity index (χ1v) is 8.14. The molecule has 1 aromatic rings. The Kier molecular flexibility index (Phi) is 5.53. The molecule has 0 aliphatic carbocycles. The molecule has 0 heterocycles. The van der Waals surface area contributed by atoms with Crippen LogP contribution < -0.4 is 0 Å². The Hall–Kier alpha value is -0.710. The number of aliphatic hydroxyl groups is 1. The summed E-state index contributed by atoms with van der Waals surface area (Å²) in [6.07, 6.45) is 0. The van der Waals surface area contributed by atoms with Gasteiger partial charge >= 0.3 is 0 Å². The Bertz CT molecular complexity index is 463. The van der Waals surface area contributed by atoms with Gasteiger partial charge in [0, 0.05) is 6.54 Å². The lowest BCUT2D eigenvalue weighted by atomic mass is 9.96. The number of hydrogen-bond donors (Lipinski definition) is 1. The molecule has 5 nitrogen and oxygen atoms in total. The normalized spacial score (nSPS) is 15.9. The number of rotatable bonds is 6. The van der Waals surface area contributed by atoms with Gasteiger partial charge in [0.25, 0.3) is 7.59 Å². The maximum Gasteiger partial charge on any atom is 0.285 e. The minimum Gasteiger partial charge on any atom is -0.384 e. The van der Waals surface area contributed by atoms with Gasteiger partial charge in [0.2, 0.25) is 0 Å². The molecule has 1 unspecified atom stereocenters. The fourth-order valence-electron chi connectivity index (χ4n) is 2.39. The van der Waals surface area contributed by atoms with Crippen molar-refractivity contribution in [1.29, 1.82) is 0 Å². The van der Waals surface area contributed by atoms with Crippen LogP contribution in [-0.2, 0) is 10.2 Å². The second kappa shape index (κ2) is 6.37. The zero-order valence-electron chi connectivity index (χ0n) is 13.2. The van der Waals surface area contributed by atoms with Gasteiger partial charge in [-0.15, -0.1) is 0 Å². The van der Waals surface area contributed by atoms with Crippen molar-refractivity contribution < 1.29 is 9.67 Å². The van der Waals surface area contributed by atoms with Crippen molar-refractivity contribution in [3.63, 3.8) is 0 Å². The van der Waals surface area contributed by atoms with E-state index < -0.39 is 13.2 Å². The topological polar surface area (TPSA) is 47.0 Å². The van der Waals surface area contributed by atoms with Crippen LogP contribution in [0.5, 0.6) is 0 Å². The quantitative estimate of drug-likeness (QED) is 0.815. The zero-order chi connectivity index (χ0) is 15.6. The van der Waals surface area contributed by atoms with E-state index in [-0.39, 0.29) is 6.54 Å². The lowest BCUT2D eigenvalue weighted by molar-refractivity contribution is 0.0386. The Morgan fingerprint density at radius 1 is 1.05 bits per heavy atom. The lowest BCUT2D eigenvalue weighted by Crippen LogP contribution is -2.40. The summed E-state index contributed by atoms with van der Waals surface area (Å²) < 4.78 is 18.2. The first kappa shape index (κ1) is 17.3. The van der Waals surface area contributed by atoms with Gasteiger partial charge in [-0.1, -0.05) is 30.3 Å². The van der Waals surface area contributed by atoms with Crippen LogP contribution in [0.4, 0.5) is 0 Å². The molecule has 1 aromatic carbocycles. The fraction of sp³-hybridized carbons (Fsp3) is 0.571. The highest BCUT2D eigenvalue weighted by atomic mass is 31.2. The van der Waals surface area contributed by atoms with Crippen LogP contribution >= 0.6 is 7.59 Å². The molecule has 1 N–H and O–H groups in total. The van der Waals surface area contributed by atoms with Crippen molar-refractivity contribution in [1.82, 2.24) is 14.0 Å².